The van der Waals surface area contributed by atoms with Gasteiger partial charge in [0.2, 0.25) is 0 Å². The molecule has 4 heteroatoms. The van der Waals surface area contributed by atoms with Gasteiger partial charge in [0.25, 0.3) is 0 Å². The molecule has 0 amide bonds. The molecule has 2 N–H and O–H groups in total. The molecule has 1 aromatic rings. The van der Waals surface area contributed by atoms with Gasteiger partial charge >= 0.3 is 0 Å². The summed E-state index contributed by atoms with van der Waals surface area (Å²) in [5.41, 5.74) is 6.48. The molecule has 1 fully saturated rings. The van der Waals surface area contributed by atoms with Crippen LogP contribution in [-0.4, -0.2) is 18.2 Å². The molecule has 0 radical (unpaired) electrons. The minimum absolute atomic E-state index is 0.523. The topological polar surface area (TPSA) is 48.1 Å². The van der Waals surface area contributed by atoms with Gasteiger partial charge in [-0.3, -0.25) is 0 Å². The second-order valence-electron chi connectivity index (χ2n) is 2.94. The Hall–Kier alpha value is -0.450. The second kappa shape index (κ2) is 3.51. The molecule has 0 spiro atoms. The molecular weight excluding hydrogens is 172 g/mol. The Morgan fingerprint density at radius 2 is 2.67 bits per heavy atom. The normalized spacial score (nSPS) is 23.2. The molecule has 0 aliphatic carbocycles. The fraction of sp³-hybridized carbons (Fsp3) is 0.625. The van der Waals surface area contributed by atoms with Gasteiger partial charge in [0.1, 0.15) is 0 Å². The minimum Gasteiger partial charge on any atom is -0.381 e. The van der Waals surface area contributed by atoms with Crippen molar-refractivity contribution in [3.63, 3.8) is 0 Å². The number of ether oxygens (including phenoxy) is 1. The van der Waals surface area contributed by atoms with Crippen molar-refractivity contribution in [3.8, 4) is 0 Å². The summed E-state index contributed by atoms with van der Waals surface area (Å²) in [6.07, 6.45) is 1.11. The molecule has 3 nitrogen and oxygen atoms in total. The predicted octanol–water partition coefficient (Wildman–Crippen LogP) is 1.11. The van der Waals surface area contributed by atoms with Gasteiger partial charge in [-0.2, -0.15) is 0 Å². The van der Waals surface area contributed by atoms with E-state index in [1.807, 2.05) is 5.38 Å². The summed E-state index contributed by atoms with van der Waals surface area (Å²) >= 11 is 1.70. The van der Waals surface area contributed by atoms with Crippen LogP contribution in [0.1, 0.15) is 23.0 Å². The van der Waals surface area contributed by atoms with Gasteiger partial charge in [0.05, 0.1) is 17.3 Å². The first-order valence-corrected chi connectivity index (χ1v) is 5.00. The van der Waals surface area contributed by atoms with Crippen molar-refractivity contribution in [2.75, 3.05) is 13.2 Å². The Labute approximate surface area is 75.6 Å². The molecule has 0 saturated carbocycles. The van der Waals surface area contributed by atoms with Crippen LogP contribution < -0.4 is 5.73 Å². The van der Waals surface area contributed by atoms with Crippen molar-refractivity contribution in [2.45, 2.75) is 18.9 Å². The fourth-order valence-electron chi connectivity index (χ4n) is 1.33. The lowest BCUT2D eigenvalue weighted by molar-refractivity contribution is 0.194. The summed E-state index contributed by atoms with van der Waals surface area (Å²) in [4.78, 5) is 4.42. The number of nitrogens with two attached hydrogens (primary N) is 1. The lowest BCUT2D eigenvalue weighted by Crippen LogP contribution is -2.00. The van der Waals surface area contributed by atoms with E-state index in [0.717, 1.165) is 25.3 Å². The first-order chi connectivity index (χ1) is 5.90. The van der Waals surface area contributed by atoms with E-state index in [1.54, 1.807) is 11.3 Å². The number of hydrogen-bond donors (Lipinski definition) is 1. The van der Waals surface area contributed by atoms with Crippen LogP contribution in [0.3, 0.4) is 0 Å². The van der Waals surface area contributed by atoms with Gasteiger partial charge < -0.3 is 10.5 Å². The summed E-state index contributed by atoms with van der Waals surface area (Å²) in [5.74, 6) is 0.523. The number of thiazole rings is 1. The van der Waals surface area contributed by atoms with E-state index in [0.29, 0.717) is 12.5 Å². The molecule has 12 heavy (non-hydrogen) atoms. The van der Waals surface area contributed by atoms with E-state index in [1.165, 1.54) is 5.01 Å². The monoisotopic (exact) mass is 184 g/mol. The number of rotatable bonds is 2. The summed E-state index contributed by atoms with van der Waals surface area (Å²) in [7, 11) is 0. The van der Waals surface area contributed by atoms with Gasteiger partial charge in [0, 0.05) is 24.4 Å². The van der Waals surface area contributed by atoms with Crippen LogP contribution in [0.25, 0.3) is 0 Å². The lowest BCUT2D eigenvalue weighted by Gasteiger charge is -2.00. The highest BCUT2D eigenvalue weighted by atomic mass is 32.1. The quantitative estimate of drug-likeness (QED) is 0.749. The van der Waals surface area contributed by atoms with E-state index >= 15 is 0 Å². The Bertz CT molecular complexity index is 255. The Morgan fingerprint density at radius 3 is 3.25 bits per heavy atom. The summed E-state index contributed by atoms with van der Waals surface area (Å²) < 4.78 is 5.29. The van der Waals surface area contributed by atoms with E-state index in [4.69, 9.17) is 10.5 Å². The van der Waals surface area contributed by atoms with Gasteiger partial charge in [-0.05, 0) is 6.42 Å². The maximum absolute atomic E-state index is 5.47. The van der Waals surface area contributed by atoms with E-state index in [9.17, 15) is 0 Å². The second-order valence-corrected chi connectivity index (χ2v) is 3.83. The Balaban J connectivity index is 2.11. The zero-order valence-electron chi connectivity index (χ0n) is 6.82. The zero-order chi connectivity index (χ0) is 8.39. The fourth-order valence-corrected chi connectivity index (χ4v) is 2.29. The van der Waals surface area contributed by atoms with E-state index < -0.39 is 0 Å². The summed E-state index contributed by atoms with van der Waals surface area (Å²) in [5, 5.41) is 3.22. The molecule has 1 atom stereocenters. The summed E-state index contributed by atoms with van der Waals surface area (Å²) in [6.45, 7) is 2.25. The molecule has 0 bridgehead atoms. The Kier molecular flexibility index (Phi) is 2.39. The molecular formula is C8H12N2OS. The van der Waals surface area contributed by atoms with Crippen LogP contribution in [-0.2, 0) is 11.3 Å². The molecule has 1 saturated heterocycles. The first kappa shape index (κ1) is 8.16. The zero-order valence-corrected chi connectivity index (χ0v) is 7.64. The maximum Gasteiger partial charge on any atom is 0.0983 e. The van der Waals surface area contributed by atoms with Gasteiger partial charge in [-0.1, -0.05) is 0 Å². The van der Waals surface area contributed by atoms with Crippen molar-refractivity contribution in [1.29, 1.82) is 0 Å². The highest BCUT2D eigenvalue weighted by molar-refractivity contribution is 7.09. The molecule has 1 aliphatic heterocycles. The number of nitrogens with zero attached hydrogens (tertiary/aromatic N) is 1. The largest absolute Gasteiger partial charge is 0.381 e. The average molecular weight is 184 g/mol. The van der Waals surface area contributed by atoms with Gasteiger partial charge in [0.15, 0.2) is 0 Å². The maximum atomic E-state index is 5.47. The molecule has 1 unspecified atom stereocenters. The molecule has 66 valence electrons. The third-order valence-corrected chi connectivity index (χ3v) is 3.11. The van der Waals surface area contributed by atoms with Gasteiger partial charge in [-0.25, -0.2) is 4.98 Å². The smallest absolute Gasteiger partial charge is 0.0983 e. The number of aromatic nitrogens is 1. The van der Waals surface area contributed by atoms with Crippen molar-refractivity contribution < 1.29 is 4.74 Å². The lowest BCUT2D eigenvalue weighted by atomic mass is 10.1. The van der Waals surface area contributed by atoms with Crippen molar-refractivity contribution in [1.82, 2.24) is 4.98 Å². The van der Waals surface area contributed by atoms with Crippen molar-refractivity contribution >= 4 is 11.3 Å². The van der Waals surface area contributed by atoms with Crippen LogP contribution in [0, 0.1) is 0 Å². The number of hydrogen-bond acceptors (Lipinski definition) is 4. The standard InChI is InChI=1S/C8H12N2OS/c9-3-7-5-12-8(10-7)6-1-2-11-4-6/h5-6H,1-4,9H2. The van der Waals surface area contributed by atoms with Gasteiger partial charge in [-0.15, -0.1) is 11.3 Å². The van der Waals surface area contributed by atoms with Crippen molar-refractivity contribution in [3.05, 3.63) is 16.1 Å². The van der Waals surface area contributed by atoms with Crippen LogP contribution in [0.4, 0.5) is 0 Å². The molecule has 2 heterocycles. The van der Waals surface area contributed by atoms with Crippen LogP contribution >= 0.6 is 11.3 Å². The molecule has 2 rings (SSSR count). The minimum atomic E-state index is 0.523. The van der Waals surface area contributed by atoms with Crippen LogP contribution in [0.5, 0.6) is 0 Å². The predicted molar refractivity (Wildman–Crippen MR) is 48.2 cm³/mol. The average Bonchev–Trinajstić information content (AvgIpc) is 2.75. The third kappa shape index (κ3) is 1.50. The molecule has 1 aromatic heterocycles. The van der Waals surface area contributed by atoms with Crippen LogP contribution in [0.2, 0.25) is 0 Å². The van der Waals surface area contributed by atoms with E-state index in [-0.39, 0.29) is 0 Å². The molecule has 0 aromatic carbocycles. The summed E-state index contributed by atoms with van der Waals surface area (Å²) in [6, 6.07) is 0. The highest BCUT2D eigenvalue weighted by Crippen LogP contribution is 2.27. The SMILES string of the molecule is NCc1csc(C2CCOC2)n1. The molecule has 1 aliphatic rings. The highest BCUT2D eigenvalue weighted by Gasteiger charge is 2.20. The van der Waals surface area contributed by atoms with Crippen LogP contribution in [0.15, 0.2) is 5.38 Å². The first-order valence-electron chi connectivity index (χ1n) is 4.12. The van der Waals surface area contributed by atoms with E-state index in [2.05, 4.69) is 4.98 Å². The van der Waals surface area contributed by atoms with Crippen molar-refractivity contribution in [2.24, 2.45) is 5.73 Å². The third-order valence-electron chi connectivity index (χ3n) is 2.06. The Morgan fingerprint density at radius 1 is 1.75 bits per heavy atom.